The number of aryl methyl sites for hydroxylation is 1. The number of hydrogen-bond acceptors (Lipinski definition) is 5. The molecule has 0 fully saturated rings. The maximum atomic E-state index is 6.18. The van der Waals surface area contributed by atoms with Gasteiger partial charge >= 0.3 is 0 Å². The summed E-state index contributed by atoms with van der Waals surface area (Å²) in [6.45, 7) is 2.02. The number of nitrogen functional groups attached to an aromatic ring is 1. The highest BCUT2D eigenvalue weighted by molar-refractivity contribution is 6.35. The van der Waals surface area contributed by atoms with E-state index in [2.05, 4.69) is 20.6 Å². The minimum atomic E-state index is 0.384. The molecule has 122 valence electrons. The molecule has 4 N–H and O–H groups in total. The molecule has 0 saturated carbocycles. The van der Waals surface area contributed by atoms with Crippen LogP contribution < -0.4 is 16.4 Å². The lowest BCUT2D eigenvalue weighted by Gasteiger charge is -2.13. The van der Waals surface area contributed by atoms with E-state index < -0.39 is 0 Å². The molecule has 1 aromatic heterocycles. The predicted octanol–water partition coefficient (Wildman–Crippen LogP) is 5.16. The van der Waals surface area contributed by atoms with Gasteiger partial charge in [-0.15, -0.1) is 0 Å². The SMILES string of the molecule is Cc1cccc(Nc2ncnc(Nc3cc(Cl)ccc3Cl)c2N)c1. The summed E-state index contributed by atoms with van der Waals surface area (Å²) in [5.74, 6) is 0.959. The van der Waals surface area contributed by atoms with E-state index in [1.807, 2.05) is 31.2 Å². The van der Waals surface area contributed by atoms with Crippen LogP contribution >= 0.6 is 23.2 Å². The molecule has 0 amide bonds. The molecule has 1 heterocycles. The van der Waals surface area contributed by atoms with E-state index in [9.17, 15) is 0 Å². The third-order valence-corrected chi connectivity index (χ3v) is 3.91. The topological polar surface area (TPSA) is 75.9 Å². The van der Waals surface area contributed by atoms with Crippen LogP contribution in [0.3, 0.4) is 0 Å². The summed E-state index contributed by atoms with van der Waals surface area (Å²) in [6, 6.07) is 13.0. The molecule has 0 spiro atoms. The van der Waals surface area contributed by atoms with Gasteiger partial charge in [0.2, 0.25) is 0 Å². The minimum Gasteiger partial charge on any atom is -0.393 e. The fourth-order valence-corrected chi connectivity index (χ4v) is 2.51. The monoisotopic (exact) mass is 359 g/mol. The average Bonchev–Trinajstić information content (AvgIpc) is 2.55. The van der Waals surface area contributed by atoms with Crippen molar-refractivity contribution in [1.29, 1.82) is 0 Å². The molecular formula is C17H15Cl2N5. The highest BCUT2D eigenvalue weighted by atomic mass is 35.5. The Morgan fingerprint density at radius 1 is 0.958 bits per heavy atom. The van der Waals surface area contributed by atoms with Crippen molar-refractivity contribution < 1.29 is 0 Å². The summed E-state index contributed by atoms with van der Waals surface area (Å²) in [4.78, 5) is 8.37. The summed E-state index contributed by atoms with van der Waals surface area (Å²) in [7, 11) is 0. The molecule has 3 rings (SSSR count). The van der Waals surface area contributed by atoms with Gasteiger partial charge in [0.25, 0.3) is 0 Å². The zero-order chi connectivity index (χ0) is 17.1. The van der Waals surface area contributed by atoms with E-state index in [0.29, 0.717) is 33.1 Å². The Balaban J connectivity index is 1.89. The van der Waals surface area contributed by atoms with Gasteiger partial charge in [0.05, 0.1) is 10.7 Å². The van der Waals surface area contributed by atoms with Crippen LogP contribution in [0.4, 0.5) is 28.7 Å². The van der Waals surface area contributed by atoms with Crippen LogP contribution in [-0.4, -0.2) is 9.97 Å². The third-order valence-electron chi connectivity index (χ3n) is 3.35. The van der Waals surface area contributed by atoms with Gasteiger partial charge in [-0.2, -0.15) is 0 Å². The Kier molecular flexibility index (Phi) is 4.74. The van der Waals surface area contributed by atoms with E-state index in [4.69, 9.17) is 28.9 Å². The molecule has 0 atom stereocenters. The zero-order valence-corrected chi connectivity index (χ0v) is 14.4. The Morgan fingerprint density at radius 2 is 1.71 bits per heavy atom. The molecule has 0 radical (unpaired) electrons. The second kappa shape index (κ2) is 6.95. The van der Waals surface area contributed by atoms with Crippen molar-refractivity contribution in [3.63, 3.8) is 0 Å². The lowest BCUT2D eigenvalue weighted by molar-refractivity contribution is 1.17. The highest BCUT2D eigenvalue weighted by Gasteiger charge is 2.10. The molecule has 0 aliphatic rings. The Morgan fingerprint density at radius 3 is 2.46 bits per heavy atom. The second-order valence-electron chi connectivity index (χ2n) is 5.23. The summed E-state index contributed by atoms with van der Waals surface area (Å²) >= 11 is 12.2. The minimum absolute atomic E-state index is 0.384. The molecule has 0 bridgehead atoms. The van der Waals surface area contributed by atoms with Crippen molar-refractivity contribution in [1.82, 2.24) is 9.97 Å². The number of nitrogens with one attached hydrogen (secondary N) is 2. The number of nitrogens with two attached hydrogens (primary N) is 1. The van der Waals surface area contributed by atoms with Crippen molar-refractivity contribution in [3.05, 3.63) is 64.4 Å². The van der Waals surface area contributed by atoms with E-state index in [-0.39, 0.29) is 0 Å². The quantitative estimate of drug-likeness (QED) is 0.599. The number of halogens is 2. The highest BCUT2D eigenvalue weighted by Crippen LogP contribution is 2.32. The first-order valence-electron chi connectivity index (χ1n) is 7.19. The molecule has 5 nitrogen and oxygen atoms in total. The van der Waals surface area contributed by atoms with Crippen LogP contribution in [0, 0.1) is 6.92 Å². The first-order chi connectivity index (χ1) is 11.5. The molecule has 24 heavy (non-hydrogen) atoms. The van der Waals surface area contributed by atoms with E-state index in [1.54, 1.807) is 18.2 Å². The summed E-state index contributed by atoms with van der Waals surface area (Å²) < 4.78 is 0. The van der Waals surface area contributed by atoms with Crippen molar-refractivity contribution in [2.45, 2.75) is 6.92 Å². The maximum Gasteiger partial charge on any atom is 0.159 e. The Bertz CT molecular complexity index is 883. The molecular weight excluding hydrogens is 345 g/mol. The lowest BCUT2D eigenvalue weighted by atomic mass is 10.2. The molecule has 2 aromatic carbocycles. The fourth-order valence-electron chi connectivity index (χ4n) is 2.18. The Hall–Kier alpha value is -2.50. The Labute approximate surface area is 149 Å². The number of hydrogen-bond donors (Lipinski definition) is 3. The standard InChI is InChI=1S/C17H15Cl2N5/c1-10-3-2-4-12(7-10)23-16-15(20)17(22-9-21-16)24-14-8-11(18)5-6-13(14)19/h2-9H,20H2,1H3,(H2,21,22,23,24). The van der Waals surface area contributed by atoms with Gasteiger partial charge in [-0.25, -0.2) is 9.97 Å². The first kappa shape index (κ1) is 16.4. The van der Waals surface area contributed by atoms with Crippen LogP contribution in [0.1, 0.15) is 5.56 Å². The van der Waals surface area contributed by atoms with Gasteiger partial charge in [-0.05, 0) is 42.8 Å². The first-order valence-corrected chi connectivity index (χ1v) is 7.95. The molecule has 0 unspecified atom stereocenters. The van der Waals surface area contributed by atoms with Crippen LogP contribution in [0.25, 0.3) is 0 Å². The van der Waals surface area contributed by atoms with Crippen molar-refractivity contribution in [2.75, 3.05) is 16.4 Å². The number of aromatic nitrogens is 2. The van der Waals surface area contributed by atoms with Gasteiger partial charge < -0.3 is 16.4 Å². The fraction of sp³-hybridized carbons (Fsp3) is 0.0588. The molecule has 0 aliphatic carbocycles. The third kappa shape index (κ3) is 3.69. The van der Waals surface area contributed by atoms with Crippen LogP contribution in [-0.2, 0) is 0 Å². The van der Waals surface area contributed by atoms with Crippen molar-refractivity contribution in [2.24, 2.45) is 0 Å². The van der Waals surface area contributed by atoms with Crippen LogP contribution in [0.2, 0.25) is 10.0 Å². The van der Waals surface area contributed by atoms with Gasteiger partial charge in [-0.3, -0.25) is 0 Å². The molecule has 7 heteroatoms. The summed E-state index contributed by atoms with van der Waals surface area (Å²) in [5.41, 5.74) is 9.22. The number of rotatable bonds is 4. The van der Waals surface area contributed by atoms with E-state index >= 15 is 0 Å². The van der Waals surface area contributed by atoms with Gasteiger partial charge in [0.15, 0.2) is 11.6 Å². The predicted molar refractivity (Wildman–Crippen MR) is 101 cm³/mol. The van der Waals surface area contributed by atoms with Crippen molar-refractivity contribution >= 4 is 51.9 Å². The zero-order valence-electron chi connectivity index (χ0n) is 12.8. The van der Waals surface area contributed by atoms with E-state index in [1.165, 1.54) is 6.33 Å². The van der Waals surface area contributed by atoms with Crippen LogP contribution in [0.15, 0.2) is 48.8 Å². The summed E-state index contributed by atoms with van der Waals surface area (Å²) in [6.07, 6.45) is 1.43. The van der Waals surface area contributed by atoms with Crippen molar-refractivity contribution in [3.8, 4) is 0 Å². The molecule has 0 aliphatic heterocycles. The largest absolute Gasteiger partial charge is 0.393 e. The number of anilines is 5. The lowest BCUT2D eigenvalue weighted by Crippen LogP contribution is -2.05. The maximum absolute atomic E-state index is 6.18. The summed E-state index contributed by atoms with van der Waals surface area (Å²) in [5, 5.41) is 7.36. The average molecular weight is 360 g/mol. The number of benzene rings is 2. The molecule has 3 aromatic rings. The van der Waals surface area contributed by atoms with E-state index in [0.717, 1.165) is 11.3 Å². The number of nitrogens with zero attached hydrogens (tertiary/aromatic N) is 2. The normalized spacial score (nSPS) is 10.5. The second-order valence-corrected chi connectivity index (χ2v) is 6.07. The van der Waals surface area contributed by atoms with Gasteiger partial charge in [-0.1, -0.05) is 35.3 Å². The van der Waals surface area contributed by atoms with Gasteiger partial charge in [0.1, 0.15) is 12.0 Å². The van der Waals surface area contributed by atoms with Crippen LogP contribution in [0.5, 0.6) is 0 Å². The molecule has 0 saturated heterocycles. The smallest absolute Gasteiger partial charge is 0.159 e. The van der Waals surface area contributed by atoms with Gasteiger partial charge in [0, 0.05) is 10.7 Å².